The molecule has 18 heteroatoms. The predicted molar refractivity (Wildman–Crippen MR) is 242 cm³/mol. The summed E-state index contributed by atoms with van der Waals surface area (Å²) in [6, 6.07) is 10.8. The van der Waals surface area contributed by atoms with E-state index in [1.807, 2.05) is 19.9 Å². The van der Waals surface area contributed by atoms with Crippen molar-refractivity contribution in [2.45, 2.75) is 76.8 Å². The van der Waals surface area contributed by atoms with Gasteiger partial charge in [0.05, 0.1) is 59.2 Å². The van der Waals surface area contributed by atoms with Crippen molar-refractivity contribution >= 4 is 45.1 Å². The van der Waals surface area contributed by atoms with E-state index in [1.54, 1.807) is 39.6 Å². The number of aromatic hydroxyl groups is 2. The SMILES string of the molecule is CC(C)c1cc(C(=O)N2Cc3ccc(CN4CCN(C(=O)CC5(O)CCN(Cc6cc7nc(-c8cnc(N)nc8)nc(N8CCOCC8)c7s6)CC5)[C@@H](CO)C4)cc3C2)c(O)cc1O. The van der Waals surface area contributed by atoms with Gasteiger partial charge >= 0.3 is 0 Å². The van der Waals surface area contributed by atoms with Gasteiger partial charge in [-0.25, -0.2) is 19.9 Å². The molecule has 0 radical (unpaired) electrons. The van der Waals surface area contributed by atoms with E-state index in [0.717, 1.165) is 50.7 Å². The maximum Gasteiger partial charge on any atom is 0.258 e. The van der Waals surface area contributed by atoms with Crippen molar-refractivity contribution in [1.29, 1.82) is 0 Å². The zero-order chi connectivity index (χ0) is 44.7. The van der Waals surface area contributed by atoms with Crippen molar-refractivity contribution in [2.75, 3.05) is 76.3 Å². The quantitative estimate of drug-likeness (QED) is 0.128. The lowest BCUT2D eigenvalue weighted by atomic mass is 9.87. The summed E-state index contributed by atoms with van der Waals surface area (Å²) in [6.45, 7) is 11.3. The van der Waals surface area contributed by atoms with E-state index < -0.39 is 11.6 Å². The third kappa shape index (κ3) is 9.21. The summed E-state index contributed by atoms with van der Waals surface area (Å²) in [5, 5.41) is 43.0. The fourth-order valence-corrected chi connectivity index (χ4v) is 10.6. The number of hydrogen-bond acceptors (Lipinski definition) is 16. The van der Waals surface area contributed by atoms with Crippen LogP contribution in [0.4, 0.5) is 11.8 Å². The highest BCUT2D eigenvalue weighted by molar-refractivity contribution is 7.19. The van der Waals surface area contributed by atoms with Crippen molar-refractivity contribution in [3.63, 3.8) is 0 Å². The van der Waals surface area contributed by atoms with Crippen LogP contribution in [-0.2, 0) is 35.7 Å². The van der Waals surface area contributed by atoms with Crippen LogP contribution in [0.5, 0.6) is 11.5 Å². The van der Waals surface area contributed by atoms with Gasteiger partial charge in [-0.05, 0) is 53.1 Å². The molecule has 3 saturated heterocycles. The number of phenols is 2. The number of amides is 2. The molecule has 6 N–H and O–H groups in total. The molecular weight excluding hydrogens is 837 g/mol. The molecule has 4 aliphatic rings. The number of aliphatic hydroxyl groups is 2. The summed E-state index contributed by atoms with van der Waals surface area (Å²) < 4.78 is 6.63. The molecule has 9 rings (SSSR count). The minimum Gasteiger partial charge on any atom is -0.508 e. The number of thiophene rings is 1. The van der Waals surface area contributed by atoms with Crippen LogP contribution >= 0.6 is 11.3 Å². The van der Waals surface area contributed by atoms with Gasteiger partial charge in [-0.2, -0.15) is 0 Å². The topological polar surface area (TPSA) is 218 Å². The second kappa shape index (κ2) is 18.2. The van der Waals surface area contributed by atoms with Crippen LogP contribution in [0, 0.1) is 0 Å². The molecule has 0 saturated carbocycles. The number of anilines is 2. The number of nitrogen functional groups attached to an aromatic ring is 1. The van der Waals surface area contributed by atoms with Gasteiger partial charge in [0.1, 0.15) is 11.5 Å². The van der Waals surface area contributed by atoms with Gasteiger partial charge in [0, 0.05) is 95.3 Å². The molecule has 1 atom stereocenters. The number of likely N-dealkylation sites (tertiary alicyclic amines) is 1. The Balaban J connectivity index is 0.784. The van der Waals surface area contributed by atoms with Crippen molar-refractivity contribution in [2.24, 2.45) is 0 Å². The summed E-state index contributed by atoms with van der Waals surface area (Å²) in [6.07, 6.45) is 4.21. The predicted octanol–water partition coefficient (Wildman–Crippen LogP) is 3.68. The Labute approximate surface area is 375 Å². The van der Waals surface area contributed by atoms with Gasteiger partial charge in [-0.1, -0.05) is 32.0 Å². The first-order valence-electron chi connectivity index (χ1n) is 22.1. The highest BCUT2D eigenvalue weighted by Crippen LogP contribution is 2.37. The highest BCUT2D eigenvalue weighted by atomic mass is 32.1. The zero-order valence-corrected chi connectivity index (χ0v) is 37.1. The number of aliphatic hydroxyl groups excluding tert-OH is 1. The van der Waals surface area contributed by atoms with Crippen LogP contribution in [0.15, 0.2) is 48.8 Å². The summed E-state index contributed by atoms with van der Waals surface area (Å²) in [7, 11) is 0. The average Bonchev–Trinajstić information content (AvgIpc) is 3.91. The minimum atomic E-state index is -1.13. The number of fused-ring (bicyclic) bond motifs is 2. The fraction of sp³-hybridized carbons (Fsp3) is 0.478. The summed E-state index contributed by atoms with van der Waals surface area (Å²) in [5.74, 6) is 0.877. The number of morpholine rings is 1. The number of rotatable bonds is 11. The summed E-state index contributed by atoms with van der Waals surface area (Å²) in [5.41, 5.74) is 10.1. The number of nitrogens with two attached hydrogens (primary N) is 1. The maximum absolute atomic E-state index is 13.8. The van der Waals surface area contributed by atoms with Crippen molar-refractivity contribution in [3.05, 3.63) is 81.5 Å². The number of hydrogen-bond donors (Lipinski definition) is 5. The highest BCUT2D eigenvalue weighted by Gasteiger charge is 2.39. The number of carbonyl (C=O) groups is 2. The molecule has 5 aromatic rings. The molecule has 17 nitrogen and oxygen atoms in total. The Kier molecular flexibility index (Phi) is 12.4. The van der Waals surface area contributed by atoms with E-state index in [9.17, 15) is 30.0 Å². The lowest BCUT2D eigenvalue weighted by molar-refractivity contribution is -0.145. The van der Waals surface area contributed by atoms with E-state index in [-0.39, 0.29) is 53.8 Å². The van der Waals surface area contributed by atoms with Crippen LogP contribution < -0.4 is 10.6 Å². The molecule has 2 amide bonds. The molecule has 0 bridgehead atoms. The number of nitrogens with zero attached hydrogens (tertiary/aromatic N) is 9. The molecule has 3 fully saturated rings. The van der Waals surface area contributed by atoms with Crippen molar-refractivity contribution in [3.8, 4) is 22.9 Å². The minimum absolute atomic E-state index is 0.0110. The molecular formula is C46H56N10O7S. The molecule has 7 heterocycles. The molecule has 2 aromatic carbocycles. The second-order valence-corrected chi connectivity index (χ2v) is 19.0. The molecule has 0 aliphatic carbocycles. The fourth-order valence-electron chi connectivity index (χ4n) is 9.42. The van der Waals surface area contributed by atoms with Gasteiger partial charge in [0.2, 0.25) is 11.9 Å². The Hall–Kier alpha value is -5.50. The van der Waals surface area contributed by atoms with E-state index >= 15 is 0 Å². The standard InChI is InChI=1S/C46H56N10O7S/c1-28(2)35-17-36(39(59)18-38(35)58)44(61)55-23-30-4-3-29(15-31(30)24-55)22-53-9-10-56(33(25-53)27-57)40(60)19-46(62)5-7-52(8-6-46)26-34-16-37-41(64-34)43(54-11-13-63-14-12-54)51-42(50-37)32-20-48-45(47)49-21-32/h3-4,15-18,20-21,28,33,57-59,62H,5-14,19,22-27H2,1-2H3,(H2,47,48,49)/t33-/m1/s1. The number of piperazine rings is 1. The van der Waals surface area contributed by atoms with E-state index in [4.69, 9.17) is 20.4 Å². The molecule has 0 spiro atoms. The van der Waals surface area contributed by atoms with E-state index in [1.165, 1.54) is 6.07 Å². The van der Waals surface area contributed by atoms with Crippen molar-refractivity contribution in [1.82, 2.24) is 39.5 Å². The van der Waals surface area contributed by atoms with Gasteiger partial charge in [0.25, 0.3) is 5.91 Å². The molecule has 3 aromatic heterocycles. The molecule has 4 aliphatic heterocycles. The number of aromatic nitrogens is 4. The zero-order valence-electron chi connectivity index (χ0n) is 36.3. The Morgan fingerprint density at radius 2 is 1.66 bits per heavy atom. The Bertz CT molecular complexity index is 2520. The van der Waals surface area contributed by atoms with E-state index in [0.29, 0.717) is 102 Å². The van der Waals surface area contributed by atoms with Crippen LogP contribution in [0.1, 0.15) is 76.5 Å². The monoisotopic (exact) mass is 892 g/mol. The first-order chi connectivity index (χ1) is 30.8. The van der Waals surface area contributed by atoms with Gasteiger partial charge < -0.3 is 45.6 Å². The summed E-state index contributed by atoms with van der Waals surface area (Å²) in [4.78, 5) is 56.9. The van der Waals surface area contributed by atoms with Gasteiger partial charge in [0.15, 0.2) is 11.6 Å². The van der Waals surface area contributed by atoms with Crippen molar-refractivity contribution < 1.29 is 34.8 Å². The Morgan fingerprint density at radius 3 is 2.39 bits per heavy atom. The average molecular weight is 893 g/mol. The number of phenolic OH excluding ortho intramolecular Hbond substituents is 2. The first-order valence-corrected chi connectivity index (χ1v) is 22.9. The Morgan fingerprint density at radius 1 is 0.906 bits per heavy atom. The lowest BCUT2D eigenvalue weighted by Crippen LogP contribution is -2.57. The van der Waals surface area contributed by atoms with Crippen LogP contribution in [0.25, 0.3) is 21.6 Å². The van der Waals surface area contributed by atoms with Gasteiger partial charge in [-0.15, -0.1) is 11.3 Å². The smallest absolute Gasteiger partial charge is 0.258 e. The van der Waals surface area contributed by atoms with Crippen LogP contribution in [0.2, 0.25) is 0 Å². The van der Waals surface area contributed by atoms with E-state index in [2.05, 4.69) is 42.9 Å². The maximum atomic E-state index is 13.8. The molecule has 64 heavy (non-hydrogen) atoms. The number of carbonyl (C=O) groups excluding carboxylic acids is 2. The normalized spacial score (nSPS) is 19.5. The first kappa shape index (κ1) is 43.7. The van der Waals surface area contributed by atoms with Gasteiger partial charge in [-0.3, -0.25) is 19.4 Å². The largest absolute Gasteiger partial charge is 0.508 e. The lowest BCUT2D eigenvalue weighted by Gasteiger charge is -2.43. The third-order valence-corrected chi connectivity index (χ3v) is 14.2. The molecule has 338 valence electrons. The van der Waals surface area contributed by atoms with Crippen LogP contribution in [-0.4, -0.2) is 149 Å². The van der Waals surface area contributed by atoms with Crippen LogP contribution in [0.3, 0.4) is 0 Å². The second-order valence-electron chi connectivity index (χ2n) is 17.9. The summed E-state index contributed by atoms with van der Waals surface area (Å²) >= 11 is 1.68. The number of benzene rings is 2. The number of ether oxygens (including phenoxy) is 1. The molecule has 0 unspecified atom stereocenters. The third-order valence-electron chi connectivity index (χ3n) is 13.1. The number of piperidine rings is 1.